The number of ether oxygens (including phenoxy) is 1. The number of hydrogen-bond donors (Lipinski definition) is 3. The molecular formula is C21H17FO7. The Morgan fingerprint density at radius 3 is 2.41 bits per heavy atom. The Morgan fingerprint density at radius 2 is 1.76 bits per heavy atom. The Bertz CT molecular complexity index is 1100. The van der Waals surface area contributed by atoms with Crippen LogP contribution in [0.4, 0.5) is 4.39 Å². The molecule has 0 saturated carbocycles. The van der Waals surface area contributed by atoms with Crippen LogP contribution in [0, 0.1) is 0 Å². The number of ketones is 3. The number of aromatic hydroxyl groups is 2. The van der Waals surface area contributed by atoms with E-state index in [9.17, 15) is 34.1 Å². The van der Waals surface area contributed by atoms with E-state index in [4.69, 9.17) is 4.74 Å². The van der Waals surface area contributed by atoms with Crippen molar-refractivity contribution >= 4 is 17.3 Å². The van der Waals surface area contributed by atoms with Gasteiger partial charge in [-0.25, -0.2) is 4.39 Å². The number of aliphatic hydroxyl groups is 1. The van der Waals surface area contributed by atoms with E-state index in [1.165, 1.54) is 25.3 Å². The van der Waals surface area contributed by atoms with Gasteiger partial charge in [0.25, 0.3) is 0 Å². The number of alkyl halides is 1. The predicted molar refractivity (Wildman–Crippen MR) is 97.6 cm³/mol. The lowest BCUT2D eigenvalue weighted by molar-refractivity contribution is -0.139. The van der Waals surface area contributed by atoms with Crippen LogP contribution >= 0.6 is 0 Å². The van der Waals surface area contributed by atoms with Crippen molar-refractivity contribution < 1.29 is 38.8 Å². The number of benzene rings is 2. The first kappa shape index (κ1) is 19.1. The standard InChI is InChI=1S/C21H17FO7/c1-29-12-4-2-3-10-14(12)20(27)16-15(18(10)25)19(26)11-7-21(28,13(23)8-22)6-5-9(11)17(16)24/h2-4,24,26,28H,5-8H2,1H3/t21-/m1/s1. The summed E-state index contributed by atoms with van der Waals surface area (Å²) in [6.07, 6.45) is -0.731. The molecule has 3 N–H and O–H groups in total. The van der Waals surface area contributed by atoms with Crippen LogP contribution in [0.2, 0.25) is 0 Å². The lowest BCUT2D eigenvalue weighted by Crippen LogP contribution is -2.45. The maximum atomic E-state index is 13.1. The molecule has 0 unspecified atom stereocenters. The SMILES string of the molecule is COc1cccc2c1C(=O)c1c(O)c3c(c(O)c1C2=O)C[C@@](O)(C(=O)CF)CC3. The van der Waals surface area contributed by atoms with E-state index in [-0.39, 0.29) is 46.4 Å². The molecule has 0 amide bonds. The summed E-state index contributed by atoms with van der Waals surface area (Å²) in [5.74, 6) is -3.34. The molecule has 2 aliphatic rings. The number of fused-ring (bicyclic) bond motifs is 3. The first-order valence-corrected chi connectivity index (χ1v) is 8.92. The molecule has 8 heteroatoms. The van der Waals surface area contributed by atoms with E-state index in [1.807, 2.05) is 0 Å². The van der Waals surface area contributed by atoms with Crippen LogP contribution in [0.5, 0.6) is 17.2 Å². The largest absolute Gasteiger partial charge is 0.507 e. The Morgan fingerprint density at radius 1 is 1.10 bits per heavy atom. The average molecular weight is 400 g/mol. The van der Waals surface area contributed by atoms with Crippen LogP contribution in [0.15, 0.2) is 18.2 Å². The molecule has 1 atom stereocenters. The minimum Gasteiger partial charge on any atom is -0.507 e. The number of phenolic OH excluding ortho intramolecular Hbond substituents is 2. The number of hydrogen-bond acceptors (Lipinski definition) is 7. The number of Topliss-reactive ketones (excluding diaryl/α,β-unsaturated/α-hetero) is 1. The van der Waals surface area contributed by atoms with Crippen molar-refractivity contribution in [2.45, 2.75) is 24.9 Å². The third-order valence-electron chi connectivity index (χ3n) is 5.73. The molecule has 7 nitrogen and oxygen atoms in total. The van der Waals surface area contributed by atoms with Crippen LogP contribution in [0.3, 0.4) is 0 Å². The van der Waals surface area contributed by atoms with E-state index < -0.39 is 53.1 Å². The van der Waals surface area contributed by atoms with E-state index in [0.717, 1.165) is 0 Å². The van der Waals surface area contributed by atoms with Gasteiger partial charge in [-0.1, -0.05) is 12.1 Å². The number of carbonyl (C=O) groups excluding carboxylic acids is 3. The Balaban J connectivity index is 1.97. The second-order valence-electron chi connectivity index (χ2n) is 7.21. The molecule has 0 radical (unpaired) electrons. The van der Waals surface area contributed by atoms with Gasteiger partial charge in [-0.3, -0.25) is 14.4 Å². The summed E-state index contributed by atoms with van der Waals surface area (Å²) < 4.78 is 18.0. The van der Waals surface area contributed by atoms with Crippen molar-refractivity contribution in [3.8, 4) is 17.2 Å². The van der Waals surface area contributed by atoms with Crippen molar-refractivity contribution in [2.24, 2.45) is 0 Å². The molecule has 0 aliphatic heterocycles. The van der Waals surface area contributed by atoms with Gasteiger partial charge in [0.15, 0.2) is 18.2 Å². The van der Waals surface area contributed by atoms with Crippen LogP contribution in [0.1, 0.15) is 49.4 Å². The minimum absolute atomic E-state index is 0.00223. The molecule has 0 bridgehead atoms. The molecule has 0 fully saturated rings. The van der Waals surface area contributed by atoms with Crippen molar-refractivity contribution in [2.75, 3.05) is 13.8 Å². The fourth-order valence-corrected chi connectivity index (χ4v) is 4.19. The van der Waals surface area contributed by atoms with E-state index >= 15 is 0 Å². The molecule has 29 heavy (non-hydrogen) atoms. The molecule has 2 aromatic rings. The van der Waals surface area contributed by atoms with E-state index in [2.05, 4.69) is 0 Å². The zero-order chi connectivity index (χ0) is 21.1. The van der Waals surface area contributed by atoms with Crippen molar-refractivity contribution in [1.82, 2.24) is 0 Å². The summed E-state index contributed by atoms with van der Waals surface area (Å²) >= 11 is 0. The van der Waals surface area contributed by atoms with Gasteiger partial charge in [-0.2, -0.15) is 0 Å². The molecule has 0 aromatic heterocycles. The lowest BCUT2D eigenvalue weighted by atomic mass is 9.73. The summed E-state index contributed by atoms with van der Waals surface area (Å²) in [6.45, 7) is -1.38. The van der Waals surface area contributed by atoms with Crippen molar-refractivity contribution in [1.29, 1.82) is 0 Å². The highest BCUT2D eigenvalue weighted by Gasteiger charge is 2.45. The number of rotatable bonds is 3. The summed E-state index contributed by atoms with van der Waals surface area (Å²) in [5.41, 5.74) is -2.69. The number of carbonyl (C=O) groups is 3. The summed E-state index contributed by atoms with van der Waals surface area (Å²) in [6, 6.07) is 4.43. The summed E-state index contributed by atoms with van der Waals surface area (Å²) in [5, 5.41) is 32.1. The lowest BCUT2D eigenvalue weighted by Gasteiger charge is -2.34. The van der Waals surface area contributed by atoms with Gasteiger partial charge in [0, 0.05) is 23.1 Å². The highest BCUT2D eigenvalue weighted by molar-refractivity contribution is 6.31. The third-order valence-corrected chi connectivity index (χ3v) is 5.73. The molecule has 2 aromatic carbocycles. The van der Waals surface area contributed by atoms with E-state index in [1.54, 1.807) is 0 Å². The number of methoxy groups -OCH3 is 1. The second kappa shape index (κ2) is 6.38. The number of phenols is 2. The van der Waals surface area contributed by atoms with Crippen LogP contribution in [-0.2, 0) is 17.6 Å². The highest BCUT2D eigenvalue weighted by Crippen LogP contribution is 2.48. The maximum Gasteiger partial charge on any atom is 0.202 e. The van der Waals surface area contributed by atoms with Gasteiger partial charge >= 0.3 is 0 Å². The predicted octanol–water partition coefficient (Wildman–Crippen LogP) is 1.64. The van der Waals surface area contributed by atoms with Crippen LogP contribution in [-0.4, -0.2) is 52.1 Å². The molecule has 0 heterocycles. The van der Waals surface area contributed by atoms with Crippen molar-refractivity contribution in [3.05, 3.63) is 51.6 Å². The normalized spacial score (nSPS) is 20.0. The Kier molecular flexibility index (Phi) is 4.20. The van der Waals surface area contributed by atoms with Gasteiger partial charge < -0.3 is 20.1 Å². The van der Waals surface area contributed by atoms with Gasteiger partial charge in [-0.05, 0) is 18.9 Å². The third kappa shape index (κ3) is 2.49. The molecule has 150 valence electrons. The summed E-state index contributed by atoms with van der Waals surface area (Å²) in [7, 11) is 1.34. The molecule has 0 spiro atoms. The average Bonchev–Trinajstić information content (AvgIpc) is 2.73. The maximum absolute atomic E-state index is 13.1. The van der Waals surface area contributed by atoms with E-state index in [0.29, 0.717) is 0 Å². The van der Waals surface area contributed by atoms with Gasteiger partial charge in [-0.15, -0.1) is 0 Å². The Hall–Kier alpha value is -3.26. The molecule has 2 aliphatic carbocycles. The topological polar surface area (TPSA) is 121 Å². The second-order valence-corrected chi connectivity index (χ2v) is 7.21. The first-order valence-electron chi connectivity index (χ1n) is 8.92. The highest BCUT2D eigenvalue weighted by atomic mass is 19.1. The number of halogens is 1. The zero-order valence-electron chi connectivity index (χ0n) is 15.4. The van der Waals surface area contributed by atoms with Gasteiger partial charge in [0.05, 0.1) is 23.8 Å². The monoisotopic (exact) mass is 400 g/mol. The van der Waals surface area contributed by atoms with Gasteiger partial charge in [0.2, 0.25) is 5.78 Å². The zero-order valence-corrected chi connectivity index (χ0v) is 15.4. The fraction of sp³-hybridized carbons (Fsp3) is 0.286. The molecule has 4 rings (SSSR count). The minimum atomic E-state index is -2.05. The Labute approximate surface area is 164 Å². The first-order chi connectivity index (χ1) is 13.7. The quantitative estimate of drug-likeness (QED) is 0.572. The fourth-order valence-electron chi connectivity index (χ4n) is 4.19. The van der Waals surface area contributed by atoms with Crippen LogP contribution in [0.25, 0.3) is 0 Å². The van der Waals surface area contributed by atoms with Crippen molar-refractivity contribution in [3.63, 3.8) is 0 Å². The van der Waals surface area contributed by atoms with Crippen LogP contribution < -0.4 is 4.74 Å². The van der Waals surface area contributed by atoms with Gasteiger partial charge in [0.1, 0.15) is 22.8 Å². The molecular weight excluding hydrogens is 383 g/mol. The smallest absolute Gasteiger partial charge is 0.202 e. The summed E-state index contributed by atoms with van der Waals surface area (Å²) in [4.78, 5) is 38.0. The molecule has 0 saturated heterocycles.